The highest BCUT2D eigenvalue weighted by atomic mass is 35.5. The van der Waals surface area contributed by atoms with E-state index < -0.39 is 6.03 Å². The third-order valence-electron chi connectivity index (χ3n) is 1.86. The number of thiophene rings is 1. The first-order valence-electron chi connectivity index (χ1n) is 4.50. The van der Waals surface area contributed by atoms with Gasteiger partial charge in [-0.1, -0.05) is 11.6 Å². The lowest BCUT2D eigenvalue weighted by atomic mass is 10.4. The molecule has 3 N–H and O–H groups in total. The summed E-state index contributed by atoms with van der Waals surface area (Å²) in [5.74, 6) is -0.205. The molecule has 0 radical (unpaired) electrons. The van der Waals surface area contributed by atoms with Gasteiger partial charge < -0.3 is 16.0 Å². The molecule has 0 aliphatic rings. The Morgan fingerprint density at radius 3 is 2.75 bits per heavy atom. The Morgan fingerprint density at radius 2 is 2.25 bits per heavy atom. The Hall–Kier alpha value is -1.27. The lowest BCUT2D eigenvalue weighted by Gasteiger charge is -2.15. The van der Waals surface area contributed by atoms with Crippen molar-refractivity contribution in [2.75, 3.05) is 13.6 Å². The van der Waals surface area contributed by atoms with E-state index in [-0.39, 0.29) is 12.5 Å². The van der Waals surface area contributed by atoms with Gasteiger partial charge in [0.1, 0.15) is 0 Å². The smallest absolute Gasteiger partial charge is 0.312 e. The lowest BCUT2D eigenvalue weighted by Crippen LogP contribution is -2.39. The minimum Gasteiger partial charge on any atom is -0.352 e. The highest BCUT2D eigenvalue weighted by molar-refractivity contribution is 7.16. The van der Waals surface area contributed by atoms with Gasteiger partial charge in [0.2, 0.25) is 5.91 Å². The van der Waals surface area contributed by atoms with Gasteiger partial charge in [-0.15, -0.1) is 11.3 Å². The number of nitrogens with zero attached hydrogens (tertiary/aromatic N) is 1. The molecule has 0 saturated carbocycles. The highest BCUT2D eigenvalue weighted by Crippen LogP contribution is 2.22. The van der Waals surface area contributed by atoms with Crippen LogP contribution in [0.2, 0.25) is 4.34 Å². The predicted molar refractivity (Wildman–Crippen MR) is 63.4 cm³/mol. The molecular weight excluding hydrogens is 250 g/mol. The Bertz CT molecular complexity index is 394. The van der Waals surface area contributed by atoms with Crippen molar-refractivity contribution in [2.24, 2.45) is 5.73 Å². The monoisotopic (exact) mass is 261 g/mol. The molecule has 1 aromatic heterocycles. The lowest BCUT2D eigenvalue weighted by molar-refractivity contribution is -0.129. The molecule has 0 fully saturated rings. The summed E-state index contributed by atoms with van der Waals surface area (Å²) in [4.78, 5) is 24.4. The number of rotatable bonds is 4. The maximum absolute atomic E-state index is 11.5. The summed E-state index contributed by atoms with van der Waals surface area (Å²) >= 11 is 7.19. The van der Waals surface area contributed by atoms with E-state index in [9.17, 15) is 9.59 Å². The summed E-state index contributed by atoms with van der Waals surface area (Å²) in [6.45, 7) is 0.377. The molecule has 0 aromatic carbocycles. The number of nitrogens with two attached hydrogens (primary N) is 1. The molecule has 0 saturated heterocycles. The Balaban J connectivity index is 2.42. The van der Waals surface area contributed by atoms with E-state index in [1.807, 2.05) is 6.07 Å². The molecular formula is C9H12ClN3O2S. The van der Waals surface area contributed by atoms with Gasteiger partial charge in [-0.05, 0) is 12.1 Å². The van der Waals surface area contributed by atoms with Crippen molar-refractivity contribution in [2.45, 2.75) is 6.54 Å². The number of hydrogen-bond acceptors (Lipinski definition) is 3. The van der Waals surface area contributed by atoms with E-state index in [1.54, 1.807) is 13.1 Å². The quantitative estimate of drug-likeness (QED) is 0.849. The predicted octanol–water partition coefficient (Wildman–Crippen LogP) is 1.03. The van der Waals surface area contributed by atoms with Crippen molar-refractivity contribution in [3.63, 3.8) is 0 Å². The Morgan fingerprint density at radius 1 is 1.56 bits per heavy atom. The van der Waals surface area contributed by atoms with Crippen molar-refractivity contribution >= 4 is 34.9 Å². The Kier molecular flexibility index (Phi) is 4.57. The minimum atomic E-state index is -0.707. The van der Waals surface area contributed by atoms with Gasteiger partial charge in [0.15, 0.2) is 0 Å². The maximum atomic E-state index is 11.5. The van der Waals surface area contributed by atoms with Crippen molar-refractivity contribution in [3.8, 4) is 0 Å². The van der Waals surface area contributed by atoms with Gasteiger partial charge in [0, 0.05) is 11.9 Å². The molecule has 0 aliphatic carbocycles. The van der Waals surface area contributed by atoms with Crippen LogP contribution < -0.4 is 11.1 Å². The van der Waals surface area contributed by atoms with Crippen LogP contribution in [0.3, 0.4) is 0 Å². The first-order chi connectivity index (χ1) is 7.49. The van der Waals surface area contributed by atoms with Crippen molar-refractivity contribution < 1.29 is 9.59 Å². The summed E-state index contributed by atoms with van der Waals surface area (Å²) < 4.78 is 0.686. The van der Waals surface area contributed by atoms with E-state index in [0.29, 0.717) is 10.9 Å². The summed E-state index contributed by atoms with van der Waals surface area (Å²) in [7, 11) is 1.65. The first kappa shape index (κ1) is 12.8. The van der Waals surface area contributed by atoms with Gasteiger partial charge in [-0.2, -0.15) is 0 Å². The van der Waals surface area contributed by atoms with Crippen LogP contribution >= 0.6 is 22.9 Å². The van der Waals surface area contributed by atoms with Crippen LogP contribution in [-0.2, 0) is 11.3 Å². The number of hydrogen-bond donors (Lipinski definition) is 2. The zero-order valence-corrected chi connectivity index (χ0v) is 10.3. The molecule has 0 bridgehead atoms. The average Bonchev–Trinajstić information content (AvgIpc) is 2.60. The van der Waals surface area contributed by atoms with Crippen LogP contribution in [0.25, 0.3) is 0 Å². The molecule has 1 heterocycles. The highest BCUT2D eigenvalue weighted by Gasteiger charge is 2.10. The van der Waals surface area contributed by atoms with Crippen LogP contribution in [0.15, 0.2) is 12.1 Å². The van der Waals surface area contributed by atoms with Crippen LogP contribution in [0.4, 0.5) is 4.79 Å². The van der Waals surface area contributed by atoms with E-state index in [1.165, 1.54) is 16.2 Å². The second-order valence-electron chi connectivity index (χ2n) is 3.17. The number of primary amides is 1. The molecule has 5 nitrogen and oxygen atoms in total. The second kappa shape index (κ2) is 5.72. The number of nitrogens with one attached hydrogen (secondary N) is 1. The summed E-state index contributed by atoms with van der Waals surface area (Å²) in [5, 5.41) is 2.24. The molecule has 0 spiro atoms. The molecule has 7 heteroatoms. The number of halogens is 1. The second-order valence-corrected chi connectivity index (χ2v) is 4.97. The van der Waals surface area contributed by atoms with Crippen LogP contribution in [0.5, 0.6) is 0 Å². The fourth-order valence-electron chi connectivity index (χ4n) is 1.06. The third-order valence-corrected chi connectivity index (χ3v) is 3.08. The first-order valence-corrected chi connectivity index (χ1v) is 5.70. The zero-order valence-electron chi connectivity index (χ0n) is 8.70. The fourth-order valence-corrected chi connectivity index (χ4v) is 2.20. The molecule has 0 atom stereocenters. The zero-order chi connectivity index (χ0) is 12.1. The van der Waals surface area contributed by atoms with Crippen LogP contribution in [0, 0.1) is 0 Å². The molecule has 0 aliphatic heterocycles. The maximum Gasteiger partial charge on any atom is 0.312 e. The standard InChI is InChI=1S/C9H12ClN3O2S/c1-13(8(14)4-12-9(11)15)5-6-2-3-7(10)16-6/h2-3H,4-5H2,1H3,(H3,11,12,15). The van der Waals surface area contributed by atoms with Gasteiger partial charge in [0.05, 0.1) is 17.4 Å². The summed E-state index contributed by atoms with van der Waals surface area (Å²) in [6, 6.07) is 2.93. The number of carbonyl (C=O) groups is 2. The van der Waals surface area contributed by atoms with E-state index in [4.69, 9.17) is 17.3 Å². The van der Waals surface area contributed by atoms with Gasteiger partial charge in [0.25, 0.3) is 0 Å². The van der Waals surface area contributed by atoms with Crippen molar-refractivity contribution in [1.29, 1.82) is 0 Å². The van der Waals surface area contributed by atoms with Crippen LogP contribution in [-0.4, -0.2) is 30.4 Å². The molecule has 1 rings (SSSR count). The SMILES string of the molecule is CN(Cc1ccc(Cl)s1)C(=O)CNC(N)=O. The molecule has 1 aromatic rings. The van der Waals surface area contributed by atoms with E-state index >= 15 is 0 Å². The number of likely N-dealkylation sites (N-methyl/N-ethyl adjacent to an activating group) is 1. The summed E-state index contributed by atoms with van der Waals surface area (Å²) in [6.07, 6.45) is 0. The number of carbonyl (C=O) groups excluding carboxylic acids is 2. The summed E-state index contributed by atoms with van der Waals surface area (Å²) in [5.41, 5.74) is 4.86. The Labute approximate surface area is 102 Å². The van der Waals surface area contributed by atoms with Crippen molar-refractivity contribution in [3.05, 3.63) is 21.3 Å². The van der Waals surface area contributed by atoms with Crippen molar-refractivity contribution in [1.82, 2.24) is 10.2 Å². The number of amides is 3. The van der Waals surface area contributed by atoms with Gasteiger partial charge >= 0.3 is 6.03 Å². The fraction of sp³-hybridized carbons (Fsp3) is 0.333. The normalized spacial score (nSPS) is 9.88. The van der Waals surface area contributed by atoms with E-state index in [2.05, 4.69) is 5.32 Å². The molecule has 16 heavy (non-hydrogen) atoms. The molecule has 0 unspecified atom stereocenters. The van der Waals surface area contributed by atoms with Gasteiger partial charge in [-0.25, -0.2) is 4.79 Å². The largest absolute Gasteiger partial charge is 0.352 e. The third kappa shape index (κ3) is 4.08. The minimum absolute atomic E-state index is 0.0923. The topological polar surface area (TPSA) is 75.4 Å². The molecule has 88 valence electrons. The molecule has 3 amide bonds. The van der Waals surface area contributed by atoms with Crippen LogP contribution in [0.1, 0.15) is 4.88 Å². The van der Waals surface area contributed by atoms with E-state index in [0.717, 1.165) is 4.88 Å². The average molecular weight is 262 g/mol. The van der Waals surface area contributed by atoms with Gasteiger partial charge in [-0.3, -0.25) is 4.79 Å². The number of urea groups is 1.